The van der Waals surface area contributed by atoms with Gasteiger partial charge in [0.05, 0.1) is 5.69 Å². The minimum absolute atomic E-state index is 0.0609. The van der Waals surface area contributed by atoms with Gasteiger partial charge in [-0.25, -0.2) is 13.1 Å². The smallest absolute Gasteiger partial charge is 0.273 e. The zero-order valence-electron chi connectivity index (χ0n) is 12.0. The monoisotopic (exact) mass is 348 g/mol. The van der Waals surface area contributed by atoms with Gasteiger partial charge in [0.15, 0.2) is 6.29 Å². The molecule has 0 aliphatic rings. The summed E-state index contributed by atoms with van der Waals surface area (Å²) in [5.74, 6) is 0.0609. The predicted octanol–water partition coefficient (Wildman–Crippen LogP) is 3.32. The molecule has 0 atom stereocenters. The Morgan fingerprint density at radius 1 is 1.22 bits per heavy atom. The van der Waals surface area contributed by atoms with Gasteiger partial charge >= 0.3 is 0 Å². The van der Waals surface area contributed by atoms with E-state index in [9.17, 15) is 13.2 Å². The average Bonchev–Trinajstić information content (AvgIpc) is 3.16. The van der Waals surface area contributed by atoms with Gasteiger partial charge in [-0.1, -0.05) is 29.4 Å². The summed E-state index contributed by atoms with van der Waals surface area (Å²) >= 11 is 1.08. The molecule has 0 spiro atoms. The van der Waals surface area contributed by atoms with E-state index in [1.807, 2.05) is 0 Å². The molecule has 0 aliphatic carbocycles. The number of carbonyl (C=O) groups is 1. The van der Waals surface area contributed by atoms with Gasteiger partial charge in [-0.15, -0.1) is 11.3 Å². The van der Waals surface area contributed by atoms with Crippen LogP contribution in [0.25, 0.3) is 10.4 Å². The number of aromatic nitrogens is 1. The number of aldehydes is 1. The molecule has 2 aromatic heterocycles. The molecule has 0 bridgehead atoms. The molecule has 118 valence electrons. The lowest BCUT2D eigenvalue weighted by molar-refractivity contribution is 0.112. The van der Waals surface area contributed by atoms with Crippen LogP contribution in [0.2, 0.25) is 0 Å². The maximum Gasteiger partial charge on any atom is 0.273 e. The summed E-state index contributed by atoms with van der Waals surface area (Å²) in [5.41, 5.74) is 1.79. The van der Waals surface area contributed by atoms with Crippen molar-refractivity contribution in [1.29, 1.82) is 0 Å². The molecular formula is C15H12N2O4S2. The Labute approximate surface area is 136 Å². The van der Waals surface area contributed by atoms with Gasteiger partial charge in [-0.05, 0) is 19.1 Å². The molecule has 3 aromatic rings. The van der Waals surface area contributed by atoms with Gasteiger partial charge in [0.25, 0.3) is 10.0 Å². The number of sulfonamides is 1. The van der Waals surface area contributed by atoms with Gasteiger partial charge in [0.1, 0.15) is 4.21 Å². The molecule has 1 aromatic carbocycles. The summed E-state index contributed by atoms with van der Waals surface area (Å²) in [5, 5.41) is 3.63. The van der Waals surface area contributed by atoms with Crippen molar-refractivity contribution in [3.63, 3.8) is 0 Å². The zero-order chi connectivity index (χ0) is 16.4. The van der Waals surface area contributed by atoms with Crippen LogP contribution in [-0.4, -0.2) is 19.9 Å². The second-order valence-corrected chi connectivity index (χ2v) is 7.75. The van der Waals surface area contributed by atoms with E-state index in [0.29, 0.717) is 21.7 Å². The van der Waals surface area contributed by atoms with Crippen LogP contribution in [0.4, 0.5) is 5.88 Å². The Kier molecular flexibility index (Phi) is 4.01. The van der Waals surface area contributed by atoms with Crippen molar-refractivity contribution in [3.05, 3.63) is 53.7 Å². The molecule has 0 unspecified atom stereocenters. The molecule has 0 amide bonds. The lowest BCUT2D eigenvalue weighted by Crippen LogP contribution is -2.10. The Balaban J connectivity index is 1.93. The average molecular weight is 348 g/mol. The molecule has 6 nitrogen and oxygen atoms in total. The molecule has 3 rings (SSSR count). The molecule has 0 saturated carbocycles. The minimum atomic E-state index is -3.76. The Morgan fingerprint density at radius 2 is 2.00 bits per heavy atom. The maximum atomic E-state index is 12.4. The molecule has 8 heteroatoms. The molecule has 2 heterocycles. The number of benzene rings is 1. The standard InChI is InChI=1S/C15H12N2O4S2/c1-10-8-14(21-16-10)17-23(19,20)15-7-6-13(22-15)12-5-3-2-4-11(12)9-18/h2-9,17H,1H3. The van der Waals surface area contributed by atoms with Crippen molar-refractivity contribution < 1.29 is 17.7 Å². The topological polar surface area (TPSA) is 89.3 Å². The quantitative estimate of drug-likeness (QED) is 0.714. The number of carbonyl (C=O) groups excluding carboxylic acids is 1. The molecule has 1 N–H and O–H groups in total. The Bertz CT molecular complexity index is 957. The molecule has 0 fully saturated rings. The minimum Gasteiger partial charge on any atom is -0.338 e. The third-order valence-corrected chi connectivity index (χ3v) is 6.02. The van der Waals surface area contributed by atoms with Crippen LogP contribution in [0.1, 0.15) is 16.1 Å². The third-order valence-electron chi connectivity index (χ3n) is 3.06. The fourth-order valence-electron chi connectivity index (χ4n) is 2.03. The van der Waals surface area contributed by atoms with Gasteiger partial charge in [0, 0.05) is 22.1 Å². The molecule has 23 heavy (non-hydrogen) atoms. The largest absolute Gasteiger partial charge is 0.338 e. The normalized spacial score (nSPS) is 11.3. The van der Waals surface area contributed by atoms with E-state index >= 15 is 0 Å². The van der Waals surface area contributed by atoms with E-state index in [-0.39, 0.29) is 10.1 Å². The second-order valence-electron chi connectivity index (χ2n) is 4.76. The first-order chi connectivity index (χ1) is 11.0. The van der Waals surface area contributed by atoms with Crippen LogP contribution in [0.5, 0.6) is 0 Å². The van der Waals surface area contributed by atoms with Crippen molar-refractivity contribution in [1.82, 2.24) is 5.16 Å². The first-order valence-electron chi connectivity index (χ1n) is 6.60. The van der Waals surface area contributed by atoms with Crippen molar-refractivity contribution in [2.24, 2.45) is 0 Å². The number of nitrogens with one attached hydrogen (secondary N) is 1. The van der Waals surface area contributed by atoms with E-state index < -0.39 is 10.0 Å². The van der Waals surface area contributed by atoms with E-state index in [1.165, 1.54) is 12.1 Å². The summed E-state index contributed by atoms with van der Waals surface area (Å²) in [6.45, 7) is 1.70. The number of anilines is 1. The summed E-state index contributed by atoms with van der Waals surface area (Å²) in [6.07, 6.45) is 0.749. The van der Waals surface area contributed by atoms with Crippen LogP contribution in [0.15, 0.2) is 51.2 Å². The molecule has 0 saturated heterocycles. The summed E-state index contributed by atoms with van der Waals surface area (Å²) in [6, 6.07) is 11.7. The number of aryl methyl sites for hydroxylation is 1. The number of hydrogen-bond donors (Lipinski definition) is 1. The van der Waals surface area contributed by atoms with E-state index in [1.54, 1.807) is 37.3 Å². The predicted molar refractivity (Wildman–Crippen MR) is 87.2 cm³/mol. The van der Waals surface area contributed by atoms with Crippen LogP contribution in [-0.2, 0) is 10.0 Å². The van der Waals surface area contributed by atoms with E-state index in [2.05, 4.69) is 9.88 Å². The number of hydrogen-bond acceptors (Lipinski definition) is 6. The third kappa shape index (κ3) is 3.17. The fraction of sp³-hybridized carbons (Fsp3) is 0.0667. The zero-order valence-corrected chi connectivity index (χ0v) is 13.6. The van der Waals surface area contributed by atoms with Gasteiger partial charge in [-0.3, -0.25) is 4.79 Å². The van der Waals surface area contributed by atoms with Crippen molar-refractivity contribution >= 4 is 33.5 Å². The second kappa shape index (κ2) is 5.98. The Morgan fingerprint density at radius 3 is 2.70 bits per heavy atom. The highest BCUT2D eigenvalue weighted by Gasteiger charge is 2.20. The van der Waals surface area contributed by atoms with E-state index in [0.717, 1.165) is 17.6 Å². The highest BCUT2D eigenvalue weighted by molar-refractivity contribution is 7.94. The summed E-state index contributed by atoms with van der Waals surface area (Å²) in [4.78, 5) is 11.8. The van der Waals surface area contributed by atoms with Crippen LogP contribution >= 0.6 is 11.3 Å². The van der Waals surface area contributed by atoms with Crippen LogP contribution < -0.4 is 4.72 Å². The number of rotatable bonds is 5. The van der Waals surface area contributed by atoms with Crippen LogP contribution in [0.3, 0.4) is 0 Å². The lowest BCUT2D eigenvalue weighted by atomic mass is 10.1. The first kappa shape index (κ1) is 15.4. The fourth-order valence-corrected chi connectivity index (χ4v) is 4.35. The highest BCUT2D eigenvalue weighted by Crippen LogP contribution is 2.33. The van der Waals surface area contributed by atoms with Crippen molar-refractivity contribution in [2.45, 2.75) is 11.1 Å². The van der Waals surface area contributed by atoms with Crippen molar-refractivity contribution in [2.75, 3.05) is 4.72 Å². The SMILES string of the molecule is Cc1cc(NS(=O)(=O)c2ccc(-c3ccccc3C=O)s2)on1. The van der Waals surface area contributed by atoms with Crippen LogP contribution in [0, 0.1) is 6.92 Å². The molecule has 0 aliphatic heterocycles. The number of nitrogens with zero attached hydrogens (tertiary/aromatic N) is 1. The first-order valence-corrected chi connectivity index (χ1v) is 8.90. The van der Waals surface area contributed by atoms with Crippen molar-refractivity contribution in [3.8, 4) is 10.4 Å². The summed E-state index contributed by atoms with van der Waals surface area (Å²) < 4.78 is 32.0. The number of thiophene rings is 1. The van der Waals surface area contributed by atoms with E-state index in [4.69, 9.17) is 4.52 Å². The van der Waals surface area contributed by atoms with Gasteiger partial charge in [0.2, 0.25) is 5.88 Å². The summed E-state index contributed by atoms with van der Waals surface area (Å²) in [7, 11) is -3.76. The Hall–Kier alpha value is -2.45. The molecular weight excluding hydrogens is 336 g/mol. The maximum absolute atomic E-state index is 12.4. The van der Waals surface area contributed by atoms with Gasteiger partial charge < -0.3 is 4.52 Å². The lowest BCUT2D eigenvalue weighted by Gasteiger charge is -2.02. The molecule has 0 radical (unpaired) electrons. The highest BCUT2D eigenvalue weighted by atomic mass is 32.2. The van der Waals surface area contributed by atoms with Gasteiger partial charge in [-0.2, -0.15) is 0 Å².